The third kappa shape index (κ3) is 8.34. The number of carbonyl (C=O) groups is 3. The van der Waals surface area contributed by atoms with Crippen LogP contribution in [0.2, 0.25) is 0 Å². The molecule has 7 heteroatoms. The molecule has 0 aliphatic rings. The van der Waals surface area contributed by atoms with E-state index in [1.165, 1.54) is 0 Å². The number of anilines is 1. The van der Waals surface area contributed by atoms with Crippen molar-refractivity contribution in [2.75, 3.05) is 5.32 Å². The molecule has 3 unspecified atom stereocenters. The average molecular weight is 510 g/mol. The molecule has 0 spiro atoms. The van der Waals surface area contributed by atoms with Gasteiger partial charge >= 0.3 is 6.09 Å². The van der Waals surface area contributed by atoms with Crippen LogP contribution in [-0.4, -0.2) is 40.0 Å². The summed E-state index contributed by atoms with van der Waals surface area (Å²) in [5.74, 6) is -0.869. The molecular weight excluding hydrogens is 466 g/mol. The molecule has 0 aliphatic heterocycles. The minimum atomic E-state index is -0.930. The summed E-state index contributed by atoms with van der Waals surface area (Å²) in [6.07, 6.45) is -0.0177. The Labute approximate surface area is 222 Å². The molecule has 3 amide bonds. The van der Waals surface area contributed by atoms with Gasteiger partial charge in [0.15, 0.2) is 0 Å². The van der Waals surface area contributed by atoms with E-state index in [1.807, 2.05) is 96.1 Å². The van der Waals surface area contributed by atoms with Crippen LogP contribution in [-0.2, 0) is 14.3 Å². The Bertz CT molecular complexity index is 1070. The highest BCUT2D eigenvalue weighted by Crippen LogP contribution is 2.32. The molecule has 2 rings (SSSR count). The summed E-state index contributed by atoms with van der Waals surface area (Å²) in [7, 11) is 0. The van der Waals surface area contributed by atoms with Crippen molar-refractivity contribution < 1.29 is 19.1 Å². The third-order valence-corrected chi connectivity index (χ3v) is 6.14. The molecule has 0 bridgehead atoms. The highest BCUT2D eigenvalue weighted by Gasteiger charge is 2.43. The summed E-state index contributed by atoms with van der Waals surface area (Å²) >= 11 is 0. The molecule has 7 nitrogen and oxygen atoms in total. The molecule has 202 valence electrons. The largest absolute Gasteiger partial charge is 0.444 e. The van der Waals surface area contributed by atoms with Crippen molar-refractivity contribution in [3.8, 4) is 0 Å². The van der Waals surface area contributed by atoms with E-state index in [-0.39, 0.29) is 17.7 Å². The topological polar surface area (TPSA) is 87.7 Å². The van der Waals surface area contributed by atoms with Gasteiger partial charge in [0.05, 0.1) is 0 Å². The van der Waals surface area contributed by atoms with Crippen molar-refractivity contribution in [2.45, 2.75) is 92.0 Å². The average Bonchev–Trinajstić information content (AvgIpc) is 2.80. The fourth-order valence-electron chi connectivity index (χ4n) is 4.08. The van der Waals surface area contributed by atoms with Gasteiger partial charge in [-0.25, -0.2) is 4.79 Å². The third-order valence-electron chi connectivity index (χ3n) is 6.14. The van der Waals surface area contributed by atoms with E-state index in [0.29, 0.717) is 17.7 Å². The van der Waals surface area contributed by atoms with Crippen LogP contribution < -0.4 is 10.6 Å². The monoisotopic (exact) mass is 509 g/mol. The van der Waals surface area contributed by atoms with Crippen LogP contribution in [0.1, 0.15) is 79.0 Å². The Kier molecular flexibility index (Phi) is 9.90. The van der Waals surface area contributed by atoms with Crippen molar-refractivity contribution in [3.05, 3.63) is 65.7 Å². The molecule has 2 N–H and O–H groups in total. The maximum absolute atomic E-state index is 14.3. The molecular formula is C30H43N3O4. The molecule has 0 heterocycles. The van der Waals surface area contributed by atoms with E-state index in [1.54, 1.807) is 25.7 Å². The van der Waals surface area contributed by atoms with Crippen LogP contribution in [0.4, 0.5) is 10.5 Å². The first kappa shape index (κ1) is 29.9. The van der Waals surface area contributed by atoms with Gasteiger partial charge in [-0.15, -0.1) is 0 Å². The Hall–Kier alpha value is -3.35. The second kappa shape index (κ2) is 12.3. The lowest BCUT2D eigenvalue weighted by molar-refractivity contribution is -0.147. The van der Waals surface area contributed by atoms with E-state index in [9.17, 15) is 14.4 Å². The van der Waals surface area contributed by atoms with E-state index in [4.69, 9.17) is 4.74 Å². The molecule has 0 aromatic heterocycles. The van der Waals surface area contributed by atoms with Gasteiger partial charge in [0.1, 0.15) is 17.7 Å². The van der Waals surface area contributed by atoms with Gasteiger partial charge in [0, 0.05) is 11.2 Å². The van der Waals surface area contributed by atoms with Gasteiger partial charge in [0.2, 0.25) is 5.91 Å². The highest BCUT2D eigenvalue weighted by atomic mass is 16.6. The van der Waals surface area contributed by atoms with Crippen LogP contribution in [0.3, 0.4) is 0 Å². The second-order valence-corrected chi connectivity index (χ2v) is 11.5. The standard InChI is InChI=1S/C30H43N3O4/c1-10-20(2)24(32-28(36)37-30(7,8)9)27(35)33(29(4,5)6)25(22-17-12-11-13-18-22)26(34)31-23-19-15-14-16-21(23)3/h11-20,24-25H,10H2,1-9H3,(H,31,34)(H,32,36). The zero-order chi connectivity index (χ0) is 28.0. The maximum atomic E-state index is 14.3. The first-order valence-electron chi connectivity index (χ1n) is 12.9. The van der Waals surface area contributed by atoms with E-state index >= 15 is 0 Å². The number of nitrogens with zero attached hydrogens (tertiary/aromatic N) is 1. The van der Waals surface area contributed by atoms with Crippen molar-refractivity contribution in [3.63, 3.8) is 0 Å². The number of hydrogen-bond acceptors (Lipinski definition) is 4. The fraction of sp³-hybridized carbons (Fsp3) is 0.500. The highest BCUT2D eigenvalue weighted by molar-refractivity contribution is 5.99. The number of aryl methyl sites for hydroxylation is 1. The van der Waals surface area contributed by atoms with Crippen LogP contribution in [0.25, 0.3) is 0 Å². The van der Waals surface area contributed by atoms with Crippen molar-refractivity contribution >= 4 is 23.6 Å². The normalized spacial score (nSPS) is 14.2. The molecule has 0 saturated heterocycles. The summed E-state index contributed by atoms with van der Waals surface area (Å²) in [4.78, 5) is 42.5. The quantitative estimate of drug-likeness (QED) is 0.441. The lowest BCUT2D eigenvalue weighted by atomic mass is 9.91. The number of hydrogen-bond donors (Lipinski definition) is 2. The van der Waals surface area contributed by atoms with Crippen molar-refractivity contribution in [1.29, 1.82) is 0 Å². The number of para-hydroxylation sites is 1. The maximum Gasteiger partial charge on any atom is 0.408 e. The Morgan fingerprint density at radius 3 is 2.00 bits per heavy atom. The predicted octanol–water partition coefficient (Wildman–Crippen LogP) is 6.24. The van der Waals surface area contributed by atoms with Crippen LogP contribution in [0.5, 0.6) is 0 Å². The Morgan fingerprint density at radius 1 is 0.919 bits per heavy atom. The molecule has 0 aliphatic carbocycles. The molecule has 2 aromatic carbocycles. The number of amides is 3. The zero-order valence-electron chi connectivity index (χ0n) is 23.7. The fourth-order valence-corrected chi connectivity index (χ4v) is 4.08. The lowest BCUT2D eigenvalue weighted by Gasteiger charge is -2.43. The predicted molar refractivity (Wildman–Crippen MR) is 148 cm³/mol. The Morgan fingerprint density at radius 2 is 1.49 bits per heavy atom. The van der Waals surface area contributed by atoms with Crippen LogP contribution >= 0.6 is 0 Å². The molecule has 0 fully saturated rings. The number of benzene rings is 2. The first-order valence-corrected chi connectivity index (χ1v) is 12.9. The number of rotatable bonds is 8. The molecule has 0 radical (unpaired) electrons. The van der Waals surface area contributed by atoms with Gasteiger partial charge < -0.3 is 20.3 Å². The van der Waals surface area contributed by atoms with Crippen molar-refractivity contribution in [2.24, 2.45) is 5.92 Å². The number of carbonyl (C=O) groups excluding carboxylic acids is 3. The van der Waals surface area contributed by atoms with Gasteiger partial charge in [-0.3, -0.25) is 9.59 Å². The summed E-state index contributed by atoms with van der Waals surface area (Å²) in [5, 5.41) is 5.82. The number of alkyl carbamates (subject to hydrolysis) is 1. The van der Waals surface area contributed by atoms with Crippen molar-refractivity contribution in [1.82, 2.24) is 10.2 Å². The minimum absolute atomic E-state index is 0.194. The molecule has 3 atom stereocenters. The smallest absolute Gasteiger partial charge is 0.408 e. The molecule has 37 heavy (non-hydrogen) atoms. The molecule has 2 aromatic rings. The van der Waals surface area contributed by atoms with Crippen LogP contribution in [0.15, 0.2) is 54.6 Å². The Balaban J connectivity index is 2.57. The number of nitrogens with one attached hydrogen (secondary N) is 2. The first-order chi connectivity index (χ1) is 17.2. The van der Waals surface area contributed by atoms with Crippen LogP contribution in [0, 0.1) is 12.8 Å². The van der Waals surface area contributed by atoms with Gasteiger partial charge in [-0.2, -0.15) is 0 Å². The second-order valence-electron chi connectivity index (χ2n) is 11.5. The zero-order valence-corrected chi connectivity index (χ0v) is 23.7. The van der Waals surface area contributed by atoms with Gasteiger partial charge in [-0.05, 0) is 71.6 Å². The molecule has 0 saturated carbocycles. The van der Waals surface area contributed by atoms with E-state index in [0.717, 1.165) is 5.56 Å². The summed E-state index contributed by atoms with van der Waals surface area (Å²) in [5.41, 5.74) is 0.816. The van der Waals surface area contributed by atoms with Gasteiger partial charge in [-0.1, -0.05) is 68.8 Å². The number of ether oxygens (including phenoxy) is 1. The van der Waals surface area contributed by atoms with Gasteiger partial charge in [0.25, 0.3) is 5.91 Å². The lowest BCUT2D eigenvalue weighted by Crippen LogP contribution is -2.59. The summed E-state index contributed by atoms with van der Waals surface area (Å²) in [6, 6.07) is 15.0. The summed E-state index contributed by atoms with van der Waals surface area (Å²) < 4.78 is 5.46. The minimum Gasteiger partial charge on any atom is -0.444 e. The SMILES string of the molecule is CCC(C)C(NC(=O)OC(C)(C)C)C(=O)N(C(C(=O)Nc1ccccc1C)c1ccccc1)C(C)(C)C. The summed E-state index contributed by atoms with van der Waals surface area (Å²) in [6.45, 7) is 16.8. The van der Waals surface area contributed by atoms with E-state index in [2.05, 4.69) is 10.6 Å². The van der Waals surface area contributed by atoms with E-state index < -0.39 is 29.3 Å².